The van der Waals surface area contributed by atoms with Crippen molar-refractivity contribution >= 4 is 11.8 Å². The van der Waals surface area contributed by atoms with E-state index in [1.54, 1.807) is 7.05 Å². The van der Waals surface area contributed by atoms with E-state index in [9.17, 15) is 4.79 Å². The van der Waals surface area contributed by atoms with E-state index in [2.05, 4.69) is 21.4 Å². The monoisotopic (exact) mass is 238 g/mol. The third-order valence-corrected chi connectivity index (χ3v) is 3.18. The van der Waals surface area contributed by atoms with Gasteiger partial charge in [0.25, 0.3) is 5.56 Å². The number of thioether (sulfide) groups is 1. The molecule has 1 unspecified atom stereocenters. The first kappa shape index (κ1) is 12.7. The first-order chi connectivity index (χ1) is 7.59. The number of aromatic nitrogens is 2. The number of nitrogens with zero attached hydrogens (tertiary/aromatic N) is 2. The molecule has 1 aromatic rings. The van der Waals surface area contributed by atoms with E-state index in [1.165, 1.54) is 24.0 Å². The highest BCUT2D eigenvalue weighted by Gasteiger charge is 2.20. The van der Waals surface area contributed by atoms with Crippen molar-refractivity contribution in [1.82, 2.24) is 15.3 Å². The van der Waals surface area contributed by atoms with Crippen LogP contribution < -0.4 is 10.9 Å². The summed E-state index contributed by atoms with van der Waals surface area (Å²) in [7, 11) is 1.76. The molecule has 16 heavy (non-hydrogen) atoms. The van der Waals surface area contributed by atoms with E-state index in [4.69, 9.17) is 5.26 Å². The summed E-state index contributed by atoms with van der Waals surface area (Å²) in [5.41, 5.74) is -0.684. The largest absolute Gasteiger partial charge is 0.303 e. The molecule has 1 rings (SSSR count). The van der Waals surface area contributed by atoms with Gasteiger partial charge in [0.15, 0.2) is 5.16 Å². The Labute approximate surface area is 98.3 Å². The van der Waals surface area contributed by atoms with Gasteiger partial charge < -0.3 is 10.3 Å². The van der Waals surface area contributed by atoms with Crippen molar-refractivity contribution in [3.05, 3.63) is 22.6 Å². The number of nitrogens with one attached hydrogen (secondary N) is 2. The van der Waals surface area contributed by atoms with Crippen molar-refractivity contribution in [2.45, 2.75) is 24.0 Å². The van der Waals surface area contributed by atoms with E-state index in [0.717, 1.165) is 5.75 Å². The maximum Gasteiger partial charge on any atom is 0.251 e. The zero-order chi connectivity index (χ0) is 12.0. The molecule has 0 bridgehead atoms. The van der Waals surface area contributed by atoms with E-state index < -0.39 is 5.54 Å². The zero-order valence-corrected chi connectivity index (χ0v) is 10.1. The molecule has 0 aliphatic rings. The summed E-state index contributed by atoms with van der Waals surface area (Å²) in [4.78, 5) is 17.6. The van der Waals surface area contributed by atoms with Gasteiger partial charge in [-0.25, -0.2) is 4.98 Å². The predicted octanol–water partition coefficient (Wildman–Crippen LogP) is 0.754. The Kier molecular flexibility index (Phi) is 4.52. The SMILES string of the molecule is CNC(C)(C#N)CCSc1nccc(=O)[nH]1. The van der Waals surface area contributed by atoms with Crippen molar-refractivity contribution in [2.24, 2.45) is 0 Å². The van der Waals surface area contributed by atoms with Crippen molar-refractivity contribution < 1.29 is 0 Å². The Morgan fingerprint density at radius 2 is 2.50 bits per heavy atom. The molecule has 5 nitrogen and oxygen atoms in total. The summed E-state index contributed by atoms with van der Waals surface area (Å²) in [5, 5.41) is 12.5. The van der Waals surface area contributed by atoms with Gasteiger partial charge in [-0.3, -0.25) is 4.79 Å². The number of rotatable bonds is 5. The van der Waals surface area contributed by atoms with E-state index in [1.807, 2.05) is 6.92 Å². The minimum Gasteiger partial charge on any atom is -0.303 e. The van der Waals surface area contributed by atoms with Gasteiger partial charge in [0, 0.05) is 18.0 Å². The van der Waals surface area contributed by atoms with Crippen LogP contribution in [0.2, 0.25) is 0 Å². The van der Waals surface area contributed by atoms with E-state index >= 15 is 0 Å². The summed E-state index contributed by atoms with van der Waals surface area (Å²) in [5.74, 6) is 0.720. The second-order valence-corrected chi connectivity index (χ2v) is 4.62. The third-order valence-electron chi connectivity index (χ3n) is 2.29. The third kappa shape index (κ3) is 3.68. The lowest BCUT2D eigenvalue weighted by Gasteiger charge is -2.19. The van der Waals surface area contributed by atoms with Crippen molar-refractivity contribution in [2.75, 3.05) is 12.8 Å². The van der Waals surface area contributed by atoms with Crippen LogP contribution in [0.25, 0.3) is 0 Å². The lowest BCUT2D eigenvalue weighted by molar-refractivity contribution is 0.479. The molecule has 0 aromatic carbocycles. The van der Waals surface area contributed by atoms with Gasteiger partial charge >= 0.3 is 0 Å². The number of aromatic amines is 1. The molecule has 86 valence electrons. The molecule has 0 spiro atoms. The summed E-state index contributed by atoms with van der Waals surface area (Å²) < 4.78 is 0. The molecule has 0 saturated carbocycles. The molecule has 0 aliphatic heterocycles. The van der Waals surface area contributed by atoms with Crippen molar-refractivity contribution in [3.8, 4) is 6.07 Å². The second kappa shape index (κ2) is 5.68. The molecule has 1 heterocycles. The van der Waals surface area contributed by atoms with Crippen LogP contribution in [0.1, 0.15) is 13.3 Å². The first-order valence-corrected chi connectivity index (χ1v) is 5.86. The van der Waals surface area contributed by atoms with E-state index in [0.29, 0.717) is 11.6 Å². The zero-order valence-electron chi connectivity index (χ0n) is 9.28. The van der Waals surface area contributed by atoms with Crippen LogP contribution in [-0.2, 0) is 0 Å². The average Bonchev–Trinajstić information content (AvgIpc) is 2.29. The molecule has 2 N–H and O–H groups in total. The van der Waals surface area contributed by atoms with Crippen LogP contribution in [0.3, 0.4) is 0 Å². The second-order valence-electron chi connectivity index (χ2n) is 3.53. The summed E-state index contributed by atoms with van der Waals surface area (Å²) in [6.45, 7) is 1.84. The minimum absolute atomic E-state index is 0.158. The Morgan fingerprint density at radius 1 is 1.75 bits per heavy atom. The Balaban J connectivity index is 2.48. The quantitative estimate of drug-likeness (QED) is 0.584. The van der Waals surface area contributed by atoms with Gasteiger partial charge in [0.05, 0.1) is 6.07 Å². The lowest BCUT2D eigenvalue weighted by atomic mass is 10.0. The molecule has 1 atom stereocenters. The molecule has 0 saturated heterocycles. The van der Waals surface area contributed by atoms with Crippen LogP contribution in [0.5, 0.6) is 0 Å². The number of hydrogen-bond donors (Lipinski definition) is 2. The topological polar surface area (TPSA) is 81.6 Å². The Bertz CT molecular complexity index is 439. The molecule has 1 aromatic heterocycles. The number of nitriles is 1. The lowest BCUT2D eigenvalue weighted by Crippen LogP contribution is -2.38. The number of hydrogen-bond acceptors (Lipinski definition) is 5. The van der Waals surface area contributed by atoms with Gasteiger partial charge in [-0.2, -0.15) is 5.26 Å². The normalized spacial score (nSPS) is 14.1. The maximum absolute atomic E-state index is 11.0. The smallest absolute Gasteiger partial charge is 0.251 e. The maximum atomic E-state index is 11.0. The van der Waals surface area contributed by atoms with Gasteiger partial charge in [0.2, 0.25) is 0 Å². The highest BCUT2D eigenvalue weighted by molar-refractivity contribution is 7.99. The fourth-order valence-electron chi connectivity index (χ4n) is 1.01. The average molecular weight is 238 g/mol. The summed E-state index contributed by atoms with van der Waals surface area (Å²) in [6.07, 6.45) is 2.16. The summed E-state index contributed by atoms with van der Waals surface area (Å²) >= 11 is 1.43. The molecular formula is C10H14N4OS. The fourth-order valence-corrected chi connectivity index (χ4v) is 2.03. The molecule has 6 heteroatoms. The van der Waals surface area contributed by atoms with Gasteiger partial charge in [0.1, 0.15) is 5.54 Å². The number of H-pyrrole nitrogens is 1. The van der Waals surface area contributed by atoms with Crippen LogP contribution in [0, 0.1) is 11.3 Å². The summed E-state index contributed by atoms with van der Waals surface area (Å²) in [6, 6.07) is 3.58. The van der Waals surface area contributed by atoms with Gasteiger partial charge in [-0.15, -0.1) is 0 Å². The van der Waals surface area contributed by atoms with Crippen LogP contribution >= 0.6 is 11.8 Å². The first-order valence-electron chi connectivity index (χ1n) is 4.88. The Hall–Kier alpha value is -1.32. The molecule has 0 aliphatic carbocycles. The predicted molar refractivity (Wildman–Crippen MR) is 63.3 cm³/mol. The Morgan fingerprint density at radius 3 is 3.06 bits per heavy atom. The fraction of sp³-hybridized carbons (Fsp3) is 0.500. The van der Waals surface area contributed by atoms with Crippen LogP contribution in [-0.4, -0.2) is 28.3 Å². The minimum atomic E-state index is -0.526. The standard InChI is InChI=1S/C10H14N4OS/c1-10(7-11,12-2)4-6-16-9-13-5-3-8(15)14-9/h3,5,12H,4,6H2,1-2H3,(H,13,14,15). The van der Waals surface area contributed by atoms with Crippen LogP contribution in [0.4, 0.5) is 0 Å². The van der Waals surface area contributed by atoms with Crippen molar-refractivity contribution in [1.29, 1.82) is 5.26 Å². The van der Waals surface area contributed by atoms with Crippen molar-refractivity contribution in [3.63, 3.8) is 0 Å². The van der Waals surface area contributed by atoms with Crippen LogP contribution in [0.15, 0.2) is 22.2 Å². The highest BCUT2D eigenvalue weighted by atomic mass is 32.2. The molecule has 0 fully saturated rings. The van der Waals surface area contributed by atoms with Gasteiger partial charge in [-0.1, -0.05) is 11.8 Å². The molecular weight excluding hydrogens is 224 g/mol. The molecule has 0 amide bonds. The van der Waals surface area contributed by atoms with E-state index in [-0.39, 0.29) is 5.56 Å². The molecule has 0 radical (unpaired) electrons. The van der Waals surface area contributed by atoms with Gasteiger partial charge in [-0.05, 0) is 20.4 Å². The highest BCUT2D eigenvalue weighted by Crippen LogP contribution is 2.16.